The van der Waals surface area contributed by atoms with Crippen molar-refractivity contribution < 1.29 is 9.13 Å². The van der Waals surface area contributed by atoms with Crippen LogP contribution in [0.5, 0.6) is 0 Å². The van der Waals surface area contributed by atoms with Gasteiger partial charge < -0.3 is 10.5 Å². The first kappa shape index (κ1) is 12.7. The SMILES string of the molecule is N#CC1=C(N)OC2=C(CCCC2)C1c1cccc(F)c1. The van der Waals surface area contributed by atoms with Crippen LogP contribution in [0.25, 0.3) is 0 Å². The summed E-state index contributed by atoms with van der Waals surface area (Å²) in [4.78, 5) is 0. The van der Waals surface area contributed by atoms with Gasteiger partial charge in [-0.3, -0.25) is 0 Å². The van der Waals surface area contributed by atoms with Crippen LogP contribution in [0, 0.1) is 17.1 Å². The van der Waals surface area contributed by atoms with Crippen molar-refractivity contribution in [2.24, 2.45) is 5.73 Å². The number of halogens is 1. The van der Waals surface area contributed by atoms with Crippen LogP contribution in [0.1, 0.15) is 37.2 Å². The minimum absolute atomic E-state index is 0.155. The lowest BCUT2D eigenvalue weighted by atomic mass is 9.78. The van der Waals surface area contributed by atoms with Crippen molar-refractivity contribution in [3.05, 3.63) is 58.4 Å². The third-order valence-corrected chi connectivity index (χ3v) is 3.90. The summed E-state index contributed by atoms with van der Waals surface area (Å²) in [6.07, 6.45) is 3.83. The summed E-state index contributed by atoms with van der Waals surface area (Å²) in [5.74, 6) is 0.451. The highest BCUT2D eigenvalue weighted by Crippen LogP contribution is 2.44. The minimum atomic E-state index is -0.303. The molecule has 0 aromatic heterocycles. The molecule has 20 heavy (non-hydrogen) atoms. The van der Waals surface area contributed by atoms with Gasteiger partial charge in [-0.1, -0.05) is 12.1 Å². The molecule has 0 amide bonds. The van der Waals surface area contributed by atoms with E-state index in [0.717, 1.165) is 42.6 Å². The second kappa shape index (κ2) is 5.01. The molecule has 1 aliphatic carbocycles. The molecule has 1 unspecified atom stereocenters. The van der Waals surface area contributed by atoms with Gasteiger partial charge in [0.2, 0.25) is 5.88 Å². The Bertz CT molecular complexity index is 655. The van der Waals surface area contributed by atoms with Crippen molar-refractivity contribution in [3.63, 3.8) is 0 Å². The van der Waals surface area contributed by atoms with Gasteiger partial charge in [0.15, 0.2) is 0 Å². The van der Waals surface area contributed by atoms with Crippen molar-refractivity contribution in [2.45, 2.75) is 31.6 Å². The average Bonchev–Trinajstić information content (AvgIpc) is 2.45. The Kier molecular flexibility index (Phi) is 3.19. The van der Waals surface area contributed by atoms with Gasteiger partial charge in [0, 0.05) is 12.3 Å². The molecule has 2 N–H and O–H groups in total. The van der Waals surface area contributed by atoms with E-state index in [1.165, 1.54) is 12.1 Å². The van der Waals surface area contributed by atoms with Crippen molar-refractivity contribution in [1.82, 2.24) is 0 Å². The number of benzene rings is 1. The Morgan fingerprint density at radius 2 is 2.10 bits per heavy atom. The Morgan fingerprint density at radius 1 is 1.30 bits per heavy atom. The maximum atomic E-state index is 13.5. The number of nitriles is 1. The summed E-state index contributed by atoms with van der Waals surface area (Å²) >= 11 is 0. The van der Waals surface area contributed by atoms with Crippen LogP contribution in [0.2, 0.25) is 0 Å². The first-order chi connectivity index (χ1) is 9.70. The van der Waals surface area contributed by atoms with E-state index in [1.807, 2.05) is 6.07 Å². The highest BCUT2D eigenvalue weighted by Gasteiger charge is 2.33. The third-order valence-electron chi connectivity index (χ3n) is 3.90. The molecule has 0 saturated carbocycles. The molecule has 102 valence electrons. The van der Waals surface area contributed by atoms with Gasteiger partial charge >= 0.3 is 0 Å². The number of nitrogens with zero attached hydrogens (tertiary/aromatic N) is 1. The molecule has 4 heteroatoms. The van der Waals surface area contributed by atoms with Gasteiger partial charge in [-0.25, -0.2) is 4.39 Å². The molecule has 2 aliphatic rings. The summed E-state index contributed by atoms with van der Waals surface area (Å²) in [5.41, 5.74) is 8.10. The zero-order valence-corrected chi connectivity index (χ0v) is 11.0. The first-order valence-electron chi connectivity index (χ1n) is 6.75. The van der Waals surface area contributed by atoms with E-state index < -0.39 is 0 Å². The Labute approximate surface area is 117 Å². The lowest BCUT2D eigenvalue weighted by Crippen LogP contribution is -2.22. The second-order valence-corrected chi connectivity index (χ2v) is 5.14. The van der Waals surface area contributed by atoms with E-state index in [9.17, 15) is 9.65 Å². The molecule has 0 saturated heterocycles. The predicted octanol–water partition coefficient (Wildman–Crippen LogP) is 3.46. The molecule has 1 aliphatic heterocycles. The maximum Gasteiger partial charge on any atom is 0.205 e. The molecule has 1 atom stereocenters. The fraction of sp³-hybridized carbons (Fsp3) is 0.312. The fourth-order valence-electron chi connectivity index (χ4n) is 3.00. The highest BCUT2D eigenvalue weighted by molar-refractivity contribution is 5.49. The smallest absolute Gasteiger partial charge is 0.205 e. The summed E-state index contributed by atoms with van der Waals surface area (Å²) in [6.45, 7) is 0. The van der Waals surface area contributed by atoms with Gasteiger partial charge in [-0.15, -0.1) is 0 Å². The lowest BCUT2D eigenvalue weighted by Gasteiger charge is -2.31. The fourth-order valence-corrected chi connectivity index (χ4v) is 3.00. The van der Waals surface area contributed by atoms with Crippen LogP contribution < -0.4 is 5.73 Å². The monoisotopic (exact) mass is 270 g/mol. The van der Waals surface area contributed by atoms with E-state index in [-0.39, 0.29) is 17.6 Å². The topological polar surface area (TPSA) is 59.0 Å². The molecule has 1 aromatic carbocycles. The van der Waals surface area contributed by atoms with Gasteiger partial charge in [0.05, 0.1) is 0 Å². The van der Waals surface area contributed by atoms with E-state index in [0.29, 0.717) is 5.57 Å². The molecule has 1 heterocycles. The molecule has 1 aromatic rings. The third kappa shape index (κ3) is 2.05. The highest BCUT2D eigenvalue weighted by atomic mass is 19.1. The number of allylic oxidation sites excluding steroid dienone is 3. The van der Waals surface area contributed by atoms with Gasteiger partial charge in [0.25, 0.3) is 0 Å². The van der Waals surface area contributed by atoms with Crippen LogP contribution in [-0.2, 0) is 4.74 Å². The Hall–Kier alpha value is -2.28. The quantitative estimate of drug-likeness (QED) is 0.850. The normalized spacial score (nSPS) is 22.1. The Morgan fingerprint density at radius 3 is 2.85 bits per heavy atom. The summed E-state index contributed by atoms with van der Waals surface area (Å²) in [5, 5.41) is 9.37. The molecule has 0 radical (unpaired) electrons. The molecular formula is C16H15FN2O. The van der Waals surface area contributed by atoms with E-state index in [2.05, 4.69) is 6.07 Å². The maximum absolute atomic E-state index is 13.5. The standard InChI is InChI=1S/C16H15FN2O/c17-11-5-3-4-10(8-11)15-12-6-1-2-7-14(12)20-16(19)13(15)9-18/h3-5,8,15H,1-2,6-7,19H2. The number of nitrogens with two attached hydrogens (primary N) is 1. The Balaban J connectivity index is 2.14. The van der Waals surface area contributed by atoms with E-state index in [1.54, 1.807) is 6.07 Å². The summed E-state index contributed by atoms with van der Waals surface area (Å²) in [7, 11) is 0. The van der Waals surface area contributed by atoms with Gasteiger partial charge in [-0.05, 0) is 42.5 Å². The van der Waals surface area contributed by atoms with E-state index in [4.69, 9.17) is 10.5 Å². The molecular weight excluding hydrogens is 255 g/mol. The number of hydrogen-bond donors (Lipinski definition) is 1. The molecule has 0 fully saturated rings. The van der Waals surface area contributed by atoms with Crippen LogP contribution >= 0.6 is 0 Å². The largest absolute Gasteiger partial charge is 0.445 e. The van der Waals surface area contributed by atoms with Crippen LogP contribution in [0.15, 0.2) is 47.1 Å². The molecule has 0 bridgehead atoms. The second-order valence-electron chi connectivity index (χ2n) is 5.14. The van der Waals surface area contributed by atoms with Crippen molar-refractivity contribution in [2.75, 3.05) is 0 Å². The lowest BCUT2D eigenvalue weighted by molar-refractivity contribution is 0.251. The molecule has 0 spiro atoms. The zero-order chi connectivity index (χ0) is 14.1. The van der Waals surface area contributed by atoms with Crippen molar-refractivity contribution in [1.29, 1.82) is 5.26 Å². The summed E-state index contributed by atoms with van der Waals surface area (Å²) < 4.78 is 19.1. The van der Waals surface area contributed by atoms with Crippen molar-refractivity contribution in [3.8, 4) is 6.07 Å². The first-order valence-corrected chi connectivity index (χ1v) is 6.75. The number of ether oxygens (including phenoxy) is 1. The van der Waals surface area contributed by atoms with Crippen LogP contribution in [0.3, 0.4) is 0 Å². The summed E-state index contributed by atoms with van der Waals surface area (Å²) in [6, 6.07) is 8.50. The zero-order valence-electron chi connectivity index (χ0n) is 11.0. The van der Waals surface area contributed by atoms with Crippen LogP contribution in [0.4, 0.5) is 4.39 Å². The molecule has 3 nitrogen and oxygen atoms in total. The average molecular weight is 270 g/mol. The van der Waals surface area contributed by atoms with Gasteiger partial charge in [0.1, 0.15) is 23.2 Å². The van der Waals surface area contributed by atoms with Crippen molar-refractivity contribution >= 4 is 0 Å². The van der Waals surface area contributed by atoms with Gasteiger partial charge in [-0.2, -0.15) is 5.26 Å². The number of rotatable bonds is 1. The number of hydrogen-bond acceptors (Lipinski definition) is 3. The predicted molar refractivity (Wildman–Crippen MR) is 72.5 cm³/mol. The van der Waals surface area contributed by atoms with Crippen LogP contribution in [-0.4, -0.2) is 0 Å². The molecule has 3 rings (SSSR count). The van der Waals surface area contributed by atoms with E-state index >= 15 is 0 Å². The minimum Gasteiger partial charge on any atom is -0.445 e.